The van der Waals surface area contributed by atoms with Crippen LogP contribution in [0.5, 0.6) is 11.5 Å². The van der Waals surface area contributed by atoms with Gasteiger partial charge in [0.05, 0.1) is 12.7 Å². The fourth-order valence-corrected chi connectivity index (χ4v) is 1.49. The average molecular weight is 180 g/mol. The zero-order valence-electron chi connectivity index (χ0n) is 7.45. The largest absolute Gasteiger partial charge is 0.504 e. The third kappa shape index (κ3) is 1.25. The van der Waals surface area contributed by atoms with Crippen molar-refractivity contribution in [2.24, 2.45) is 0 Å². The first-order valence-electron chi connectivity index (χ1n) is 4.26. The maximum Gasteiger partial charge on any atom is 0.166 e. The van der Waals surface area contributed by atoms with Gasteiger partial charge in [-0.1, -0.05) is 12.1 Å². The molecule has 1 fully saturated rings. The number of para-hydroxylation sites is 1. The first-order valence-corrected chi connectivity index (χ1v) is 4.26. The van der Waals surface area contributed by atoms with Crippen LogP contribution in [0.25, 0.3) is 0 Å². The number of hydrogen-bond acceptors (Lipinski definition) is 3. The van der Waals surface area contributed by atoms with E-state index in [0.717, 1.165) is 12.8 Å². The highest BCUT2D eigenvalue weighted by atomic mass is 16.5. The van der Waals surface area contributed by atoms with Gasteiger partial charge in [0, 0.05) is 5.56 Å². The minimum absolute atomic E-state index is 0.0836. The number of hydrogen-bond donors (Lipinski definition) is 2. The summed E-state index contributed by atoms with van der Waals surface area (Å²) in [5.41, 5.74) is -0.0700. The van der Waals surface area contributed by atoms with Gasteiger partial charge in [-0.25, -0.2) is 0 Å². The van der Waals surface area contributed by atoms with E-state index in [1.807, 2.05) is 0 Å². The number of aliphatic hydroxyl groups is 1. The Labute approximate surface area is 76.6 Å². The van der Waals surface area contributed by atoms with E-state index in [1.54, 1.807) is 18.2 Å². The lowest BCUT2D eigenvalue weighted by molar-refractivity contribution is 0.146. The molecule has 1 saturated carbocycles. The minimum atomic E-state index is -0.760. The average Bonchev–Trinajstić information content (AvgIpc) is 2.85. The van der Waals surface area contributed by atoms with E-state index >= 15 is 0 Å². The molecule has 2 N–H and O–H groups in total. The summed E-state index contributed by atoms with van der Waals surface area (Å²) in [4.78, 5) is 0. The molecule has 0 bridgehead atoms. The lowest BCUT2D eigenvalue weighted by Gasteiger charge is -2.13. The predicted molar refractivity (Wildman–Crippen MR) is 47.8 cm³/mol. The van der Waals surface area contributed by atoms with Gasteiger partial charge in [0.2, 0.25) is 0 Å². The molecule has 1 aliphatic carbocycles. The molecule has 0 saturated heterocycles. The van der Waals surface area contributed by atoms with Crippen molar-refractivity contribution in [1.29, 1.82) is 0 Å². The Morgan fingerprint density at radius 1 is 1.38 bits per heavy atom. The van der Waals surface area contributed by atoms with Crippen LogP contribution < -0.4 is 4.74 Å². The number of phenols is 1. The highest BCUT2D eigenvalue weighted by molar-refractivity contribution is 5.49. The van der Waals surface area contributed by atoms with Gasteiger partial charge in [0.15, 0.2) is 11.5 Å². The van der Waals surface area contributed by atoms with Gasteiger partial charge in [-0.3, -0.25) is 0 Å². The van der Waals surface area contributed by atoms with Crippen LogP contribution in [0, 0.1) is 0 Å². The lowest BCUT2D eigenvalue weighted by Crippen LogP contribution is -2.06. The van der Waals surface area contributed by atoms with Crippen molar-refractivity contribution in [2.75, 3.05) is 7.11 Å². The first-order chi connectivity index (χ1) is 6.17. The van der Waals surface area contributed by atoms with Gasteiger partial charge in [-0.15, -0.1) is 0 Å². The number of phenolic OH excluding ortho intramolecular Hbond substituents is 1. The van der Waals surface area contributed by atoms with E-state index in [1.165, 1.54) is 7.11 Å². The molecule has 0 amide bonds. The summed E-state index contributed by atoms with van der Waals surface area (Å²) in [6.07, 6.45) is 1.49. The zero-order chi connectivity index (χ0) is 9.47. The molecule has 0 spiro atoms. The van der Waals surface area contributed by atoms with Crippen LogP contribution in [-0.4, -0.2) is 17.3 Å². The Morgan fingerprint density at radius 2 is 2.08 bits per heavy atom. The number of benzene rings is 1. The topological polar surface area (TPSA) is 49.7 Å². The van der Waals surface area contributed by atoms with Crippen LogP contribution in [0.3, 0.4) is 0 Å². The highest BCUT2D eigenvalue weighted by Gasteiger charge is 2.44. The molecule has 1 aromatic carbocycles. The Kier molecular flexibility index (Phi) is 1.70. The maximum atomic E-state index is 9.85. The number of aromatic hydroxyl groups is 1. The van der Waals surface area contributed by atoms with Crippen molar-refractivity contribution in [2.45, 2.75) is 18.4 Å². The van der Waals surface area contributed by atoms with Crippen molar-refractivity contribution in [3.63, 3.8) is 0 Å². The van der Waals surface area contributed by atoms with E-state index in [4.69, 9.17) is 4.74 Å². The lowest BCUT2D eigenvalue weighted by atomic mass is 10.1. The normalized spacial score (nSPS) is 18.3. The van der Waals surface area contributed by atoms with Crippen LogP contribution >= 0.6 is 0 Å². The van der Waals surface area contributed by atoms with Gasteiger partial charge in [0.1, 0.15) is 0 Å². The zero-order valence-corrected chi connectivity index (χ0v) is 7.45. The molecule has 0 heterocycles. The summed E-state index contributed by atoms with van der Waals surface area (Å²) in [6.45, 7) is 0. The molecule has 1 aliphatic rings. The monoisotopic (exact) mass is 180 g/mol. The van der Waals surface area contributed by atoms with Gasteiger partial charge >= 0.3 is 0 Å². The highest BCUT2D eigenvalue weighted by Crippen LogP contribution is 2.50. The Hall–Kier alpha value is -1.22. The van der Waals surface area contributed by atoms with Crippen molar-refractivity contribution in [3.8, 4) is 11.5 Å². The van der Waals surface area contributed by atoms with E-state index in [2.05, 4.69) is 0 Å². The van der Waals surface area contributed by atoms with Crippen molar-refractivity contribution < 1.29 is 14.9 Å². The molecule has 1 aromatic rings. The molecular weight excluding hydrogens is 168 g/mol. The van der Waals surface area contributed by atoms with Gasteiger partial charge in [0.25, 0.3) is 0 Å². The molecule has 3 nitrogen and oxygen atoms in total. The standard InChI is InChI=1S/C10H12O3/c1-13-9-7(10(12)5-6-10)3-2-4-8(9)11/h2-4,11-12H,5-6H2,1H3. The number of methoxy groups -OCH3 is 1. The summed E-state index contributed by atoms with van der Waals surface area (Å²) in [5.74, 6) is 0.475. The molecule has 2 rings (SSSR count). The second-order valence-electron chi connectivity index (χ2n) is 3.39. The second kappa shape index (κ2) is 2.64. The van der Waals surface area contributed by atoms with E-state index in [-0.39, 0.29) is 5.75 Å². The van der Waals surface area contributed by atoms with Crippen LogP contribution in [0.15, 0.2) is 18.2 Å². The third-order valence-electron chi connectivity index (χ3n) is 2.42. The summed E-state index contributed by atoms with van der Waals surface area (Å²) >= 11 is 0. The summed E-state index contributed by atoms with van der Waals surface area (Å²) < 4.78 is 5.03. The van der Waals surface area contributed by atoms with E-state index in [0.29, 0.717) is 11.3 Å². The second-order valence-corrected chi connectivity index (χ2v) is 3.39. The Morgan fingerprint density at radius 3 is 2.62 bits per heavy atom. The van der Waals surface area contributed by atoms with E-state index < -0.39 is 5.60 Å². The summed E-state index contributed by atoms with van der Waals surface area (Å²) in [5, 5.41) is 19.3. The third-order valence-corrected chi connectivity index (χ3v) is 2.42. The molecule has 13 heavy (non-hydrogen) atoms. The quantitative estimate of drug-likeness (QED) is 0.723. The SMILES string of the molecule is COc1c(O)cccc1C1(O)CC1. The number of ether oxygens (including phenoxy) is 1. The van der Waals surface area contributed by atoms with Gasteiger partial charge < -0.3 is 14.9 Å². The maximum absolute atomic E-state index is 9.85. The van der Waals surface area contributed by atoms with Crippen LogP contribution in [-0.2, 0) is 5.60 Å². The van der Waals surface area contributed by atoms with Crippen LogP contribution in [0.4, 0.5) is 0 Å². The fraction of sp³-hybridized carbons (Fsp3) is 0.400. The minimum Gasteiger partial charge on any atom is -0.504 e. The van der Waals surface area contributed by atoms with Gasteiger partial charge in [-0.2, -0.15) is 0 Å². The smallest absolute Gasteiger partial charge is 0.166 e. The van der Waals surface area contributed by atoms with Crippen LogP contribution in [0.2, 0.25) is 0 Å². The van der Waals surface area contributed by atoms with E-state index in [9.17, 15) is 10.2 Å². The molecule has 70 valence electrons. The van der Waals surface area contributed by atoms with Crippen molar-refractivity contribution in [1.82, 2.24) is 0 Å². The predicted octanol–water partition coefficient (Wildman–Crippen LogP) is 1.38. The molecule has 3 heteroatoms. The Bertz CT molecular complexity index is 329. The summed E-state index contributed by atoms with van der Waals surface area (Å²) in [7, 11) is 1.49. The molecule has 0 atom stereocenters. The first kappa shape index (κ1) is 8.38. The molecule has 0 radical (unpaired) electrons. The molecule has 0 unspecified atom stereocenters. The van der Waals surface area contributed by atoms with Crippen molar-refractivity contribution >= 4 is 0 Å². The van der Waals surface area contributed by atoms with Crippen molar-refractivity contribution in [3.05, 3.63) is 23.8 Å². The van der Waals surface area contributed by atoms with Crippen LogP contribution in [0.1, 0.15) is 18.4 Å². The fourth-order valence-electron chi connectivity index (χ4n) is 1.49. The number of rotatable bonds is 2. The Balaban J connectivity index is 2.50. The summed E-state index contributed by atoms with van der Waals surface area (Å²) in [6, 6.07) is 5.04. The van der Waals surface area contributed by atoms with Gasteiger partial charge in [-0.05, 0) is 18.9 Å². The molecule has 0 aliphatic heterocycles. The molecular formula is C10H12O3. The molecule has 0 aromatic heterocycles.